The average Bonchev–Trinajstić information content (AvgIpc) is 2.78. The molecule has 0 radical (unpaired) electrons. The van der Waals surface area contributed by atoms with Gasteiger partial charge in [0.05, 0.1) is 11.4 Å². The second kappa shape index (κ2) is 5.51. The van der Waals surface area contributed by atoms with Crippen LogP contribution in [-0.2, 0) is 10.0 Å². The molecule has 1 N–H and O–H groups in total. The fourth-order valence-corrected chi connectivity index (χ4v) is 4.00. The molecule has 1 fully saturated rings. The molecule has 0 amide bonds. The maximum atomic E-state index is 12.4. The topological polar surface area (TPSA) is 49.4 Å². The van der Waals surface area contributed by atoms with Gasteiger partial charge in [0.2, 0.25) is 10.0 Å². The first-order valence-corrected chi connectivity index (χ1v) is 8.28. The Balaban J connectivity index is 2.18. The minimum absolute atomic E-state index is 0.0957. The highest BCUT2D eigenvalue weighted by Gasteiger charge is 2.25. The highest BCUT2D eigenvalue weighted by atomic mass is 32.2. The summed E-state index contributed by atoms with van der Waals surface area (Å²) in [6.07, 6.45) is 2.01. The van der Waals surface area contributed by atoms with Gasteiger partial charge in [-0.3, -0.25) is 4.31 Å². The Hall–Kier alpha value is -1.07. The Morgan fingerprint density at radius 3 is 2.42 bits per heavy atom. The Morgan fingerprint density at radius 2 is 1.89 bits per heavy atom. The number of sulfonamides is 1. The molecule has 106 valence electrons. The molecule has 0 aromatic heterocycles. The standard InChI is InChI=1S/C14H22N2O2S/c1-11-7-12(2)9-14(8-11)16(3)19(17,18)10-13-5-4-6-15-13/h7-9,13,15H,4-6,10H2,1-3H3. The van der Waals surface area contributed by atoms with Crippen molar-refractivity contribution in [2.45, 2.75) is 32.7 Å². The van der Waals surface area contributed by atoms with Gasteiger partial charge < -0.3 is 5.32 Å². The fourth-order valence-electron chi connectivity index (χ4n) is 2.56. The molecular formula is C14H22N2O2S. The minimum atomic E-state index is -3.26. The summed E-state index contributed by atoms with van der Waals surface area (Å²) in [4.78, 5) is 0. The van der Waals surface area contributed by atoms with Gasteiger partial charge in [0.15, 0.2) is 0 Å². The number of aryl methyl sites for hydroxylation is 2. The summed E-state index contributed by atoms with van der Waals surface area (Å²) in [6.45, 7) is 4.89. The molecule has 1 aliphatic heterocycles. The lowest BCUT2D eigenvalue weighted by Crippen LogP contribution is -2.37. The molecule has 1 saturated heterocycles. The molecule has 0 aliphatic carbocycles. The van der Waals surface area contributed by atoms with Gasteiger partial charge in [-0.25, -0.2) is 8.42 Å². The van der Waals surface area contributed by atoms with Crippen LogP contribution in [0.2, 0.25) is 0 Å². The SMILES string of the molecule is Cc1cc(C)cc(N(C)S(=O)(=O)CC2CCCN2)c1. The van der Waals surface area contributed by atoms with E-state index in [4.69, 9.17) is 0 Å². The Morgan fingerprint density at radius 1 is 1.26 bits per heavy atom. The molecule has 1 aromatic rings. The first-order chi connectivity index (χ1) is 8.88. The summed E-state index contributed by atoms with van der Waals surface area (Å²) in [5, 5.41) is 3.24. The third-order valence-corrected chi connectivity index (χ3v) is 5.43. The van der Waals surface area contributed by atoms with Crippen molar-refractivity contribution >= 4 is 15.7 Å². The Kier molecular flexibility index (Phi) is 4.16. The van der Waals surface area contributed by atoms with Crippen molar-refractivity contribution in [2.24, 2.45) is 0 Å². The summed E-state index contributed by atoms with van der Waals surface area (Å²) in [5.74, 6) is 0.177. The first-order valence-electron chi connectivity index (χ1n) is 6.67. The van der Waals surface area contributed by atoms with Crippen LogP contribution in [0, 0.1) is 13.8 Å². The lowest BCUT2D eigenvalue weighted by molar-refractivity contribution is 0.575. The van der Waals surface area contributed by atoms with Crippen LogP contribution >= 0.6 is 0 Å². The number of hydrogen-bond acceptors (Lipinski definition) is 3. The Bertz CT molecular complexity index is 528. The molecule has 19 heavy (non-hydrogen) atoms. The molecule has 2 rings (SSSR count). The maximum absolute atomic E-state index is 12.4. The number of anilines is 1. The van der Waals surface area contributed by atoms with Crippen LogP contribution in [0.25, 0.3) is 0 Å². The van der Waals surface area contributed by atoms with E-state index in [1.54, 1.807) is 7.05 Å². The highest BCUT2D eigenvalue weighted by Crippen LogP contribution is 2.21. The number of nitrogens with one attached hydrogen (secondary N) is 1. The molecule has 0 spiro atoms. The van der Waals surface area contributed by atoms with E-state index in [1.807, 2.05) is 32.0 Å². The summed E-state index contributed by atoms with van der Waals surface area (Å²) < 4.78 is 26.2. The van der Waals surface area contributed by atoms with Crippen LogP contribution < -0.4 is 9.62 Å². The largest absolute Gasteiger partial charge is 0.313 e. The summed E-state index contributed by atoms with van der Waals surface area (Å²) >= 11 is 0. The van der Waals surface area contributed by atoms with Crippen molar-refractivity contribution in [3.8, 4) is 0 Å². The van der Waals surface area contributed by atoms with Gasteiger partial charge in [0, 0.05) is 13.1 Å². The van der Waals surface area contributed by atoms with Crippen LogP contribution in [0.4, 0.5) is 5.69 Å². The predicted molar refractivity (Wildman–Crippen MR) is 79.1 cm³/mol. The molecule has 1 unspecified atom stereocenters. The van der Waals surface area contributed by atoms with Crippen LogP contribution in [0.5, 0.6) is 0 Å². The van der Waals surface area contributed by atoms with Crippen molar-refractivity contribution in [3.05, 3.63) is 29.3 Å². The monoisotopic (exact) mass is 282 g/mol. The summed E-state index contributed by atoms with van der Waals surface area (Å²) in [6, 6.07) is 5.96. The van der Waals surface area contributed by atoms with Crippen LogP contribution in [-0.4, -0.2) is 33.8 Å². The third kappa shape index (κ3) is 3.48. The second-order valence-electron chi connectivity index (χ2n) is 5.39. The van der Waals surface area contributed by atoms with E-state index in [-0.39, 0.29) is 11.8 Å². The maximum Gasteiger partial charge on any atom is 0.236 e. The van der Waals surface area contributed by atoms with Crippen LogP contribution in [0.1, 0.15) is 24.0 Å². The number of benzene rings is 1. The summed E-state index contributed by atoms with van der Waals surface area (Å²) in [7, 11) is -1.62. The number of nitrogens with zero attached hydrogens (tertiary/aromatic N) is 1. The van der Waals surface area contributed by atoms with Crippen molar-refractivity contribution in [3.63, 3.8) is 0 Å². The van der Waals surface area contributed by atoms with E-state index >= 15 is 0 Å². The van der Waals surface area contributed by atoms with Crippen molar-refractivity contribution in [1.82, 2.24) is 5.32 Å². The average molecular weight is 282 g/mol. The predicted octanol–water partition coefficient (Wildman–Crippen LogP) is 1.82. The molecule has 1 atom stereocenters. The molecule has 4 nitrogen and oxygen atoms in total. The van der Waals surface area contributed by atoms with E-state index in [9.17, 15) is 8.42 Å². The van der Waals surface area contributed by atoms with E-state index < -0.39 is 10.0 Å². The molecule has 0 saturated carbocycles. The molecule has 0 bridgehead atoms. The number of hydrogen-bond donors (Lipinski definition) is 1. The molecule has 1 aliphatic rings. The van der Waals surface area contributed by atoms with Gasteiger partial charge >= 0.3 is 0 Å². The Labute approximate surface area is 115 Å². The van der Waals surface area contributed by atoms with Crippen molar-refractivity contribution in [2.75, 3.05) is 23.7 Å². The van der Waals surface area contributed by atoms with Gasteiger partial charge in [0.1, 0.15) is 0 Å². The van der Waals surface area contributed by atoms with Crippen molar-refractivity contribution in [1.29, 1.82) is 0 Å². The fraction of sp³-hybridized carbons (Fsp3) is 0.571. The normalized spacial score (nSPS) is 19.6. The first kappa shape index (κ1) is 14.3. The van der Waals surface area contributed by atoms with Gasteiger partial charge in [-0.15, -0.1) is 0 Å². The molecule has 1 aromatic carbocycles. The third-order valence-electron chi connectivity index (χ3n) is 3.56. The molecule has 5 heteroatoms. The van der Waals surface area contributed by atoms with Gasteiger partial charge in [0.25, 0.3) is 0 Å². The lowest BCUT2D eigenvalue weighted by atomic mass is 10.1. The van der Waals surface area contributed by atoms with E-state index in [0.29, 0.717) is 0 Å². The van der Waals surface area contributed by atoms with Gasteiger partial charge in [-0.2, -0.15) is 0 Å². The van der Waals surface area contributed by atoms with E-state index in [2.05, 4.69) is 5.32 Å². The minimum Gasteiger partial charge on any atom is -0.313 e. The highest BCUT2D eigenvalue weighted by molar-refractivity contribution is 7.92. The van der Waals surface area contributed by atoms with Crippen LogP contribution in [0.3, 0.4) is 0 Å². The van der Waals surface area contributed by atoms with Crippen LogP contribution in [0.15, 0.2) is 18.2 Å². The number of rotatable bonds is 4. The second-order valence-corrected chi connectivity index (χ2v) is 7.43. The van der Waals surface area contributed by atoms with Gasteiger partial charge in [-0.1, -0.05) is 6.07 Å². The summed E-state index contributed by atoms with van der Waals surface area (Å²) in [5.41, 5.74) is 2.91. The van der Waals surface area contributed by atoms with E-state index in [1.165, 1.54) is 4.31 Å². The zero-order chi connectivity index (χ0) is 14.0. The van der Waals surface area contributed by atoms with Gasteiger partial charge in [-0.05, 0) is 56.5 Å². The zero-order valence-corrected chi connectivity index (χ0v) is 12.6. The molecular weight excluding hydrogens is 260 g/mol. The van der Waals surface area contributed by atoms with Crippen molar-refractivity contribution < 1.29 is 8.42 Å². The quantitative estimate of drug-likeness (QED) is 0.916. The molecule has 1 heterocycles. The van der Waals surface area contributed by atoms with E-state index in [0.717, 1.165) is 36.2 Å². The smallest absolute Gasteiger partial charge is 0.236 e. The lowest BCUT2D eigenvalue weighted by Gasteiger charge is -2.22. The zero-order valence-electron chi connectivity index (χ0n) is 11.8.